The fraction of sp³-hybridized carbons (Fsp3) is 0.875. The lowest BCUT2D eigenvalue weighted by Crippen LogP contribution is -2.47. The first-order valence-corrected chi connectivity index (χ1v) is 3.99. The molecule has 0 spiro atoms. The maximum atomic E-state index is 10.6. The van der Waals surface area contributed by atoms with Crippen LogP contribution in [0.2, 0.25) is 0 Å². The molecular formula is C8H18N2O. The van der Waals surface area contributed by atoms with Gasteiger partial charge in [0, 0.05) is 12.0 Å². The summed E-state index contributed by atoms with van der Waals surface area (Å²) in [6.45, 7) is 5.99. The van der Waals surface area contributed by atoms with Gasteiger partial charge in [0.05, 0.1) is 0 Å². The molecule has 1 unspecified atom stereocenters. The molecule has 0 rings (SSSR count). The molecule has 0 aromatic rings. The van der Waals surface area contributed by atoms with Crippen LogP contribution in [-0.2, 0) is 4.79 Å². The van der Waals surface area contributed by atoms with Crippen molar-refractivity contribution in [1.29, 1.82) is 0 Å². The lowest BCUT2D eigenvalue weighted by Gasteiger charge is -2.31. The number of hydrogen-bond donors (Lipinski definition) is 2. The van der Waals surface area contributed by atoms with Gasteiger partial charge < -0.3 is 11.5 Å². The van der Waals surface area contributed by atoms with Crippen molar-refractivity contribution in [1.82, 2.24) is 0 Å². The Morgan fingerprint density at radius 1 is 1.55 bits per heavy atom. The summed E-state index contributed by atoms with van der Waals surface area (Å²) < 4.78 is 0. The largest absolute Gasteiger partial charge is 0.370 e. The highest BCUT2D eigenvalue weighted by Crippen LogP contribution is 2.21. The van der Waals surface area contributed by atoms with Crippen molar-refractivity contribution in [2.75, 3.05) is 0 Å². The van der Waals surface area contributed by atoms with Crippen molar-refractivity contribution in [3.63, 3.8) is 0 Å². The minimum absolute atomic E-state index is 0.279. The molecule has 0 aromatic heterocycles. The van der Waals surface area contributed by atoms with E-state index in [-0.39, 0.29) is 12.3 Å². The summed E-state index contributed by atoms with van der Waals surface area (Å²) in [6, 6.07) is 0. The molecule has 0 aliphatic heterocycles. The first-order chi connectivity index (χ1) is 4.92. The second-order valence-corrected chi connectivity index (χ2v) is 3.38. The van der Waals surface area contributed by atoms with Crippen molar-refractivity contribution in [3.8, 4) is 0 Å². The van der Waals surface area contributed by atoms with E-state index in [1.807, 2.05) is 20.8 Å². The Hall–Kier alpha value is -0.570. The normalized spacial score (nSPS) is 16.5. The van der Waals surface area contributed by atoms with Crippen molar-refractivity contribution in [2.24, 2.45) is 17.4 Å². The molecule has 0 saturated heterocycles. The zero-order valence-electron chi connectivity index (χ0n) is 7.55. The number of amides is 1. The second-order valence-electron chi connectivity index (χ2n) is 3.38. The fourth-order valence-electron chi connectivity index (χ4n) is 1.06. The summed E-state index contributed by atoms with van der Waals surface area (Å²) in [5.74, 6) is -0.0250. The molecule has 0 bridgehead atoms. The molecule has 0 aromatic carbocycles. The first-order valence-electron chi connectivity index (χ1n) is 3.99. The molecule has 0 fully saturated rings. The third-order valence-electron chi connectivity index (χ3n) is 2.31. The van der Waals surface area contributed by atoms with Crippen LogP contribution >= 0.6 is 0 Å². The third-order valence-corrected chi connectivity index (χ3v) is 2.31. The van der Waals surface area contributed by atoms with Crippen molar-refractivity contribution in [2.45, 2.75) is 39.2 Å². The van der Waals surface area contributed by atoms with E-state index in [2.05, 4.69) is 0 Å². The molecule has 3 nitrogen and oxygen atoms in total. The van der Waals surface area contributed by atoms with Crippen LogP contribution in [-0.4, -0.2) is 11.4 Å². The highest BCUT2D eigenvalue weighted by molar-refractivity contribution is 5.75. The second kappa shape index (κ2) is 3.72. The Bertz CT molecular complexity index is 145. The lowest BCUT2D eigenvalue weighted by atomic mass is 9.82. The van der Waals surface area contributed by atoms with E-state index >= 15 is 0 Å². The number of carbonyl (C=O) groups excluding carboxylic acids is 1. The number of rotatable bonds is 4. The van der Waals surface area contributed by atoms with Gasteiger partial charge in [-0.05, 0) is 12.3 Å². The van der Waals surface area contributed by atoms with Crippen molar-refractivity contribution >= 4 is 5.91 Å². The van der Waals surface area contributed by atoms with E-state index in [0.29, 0.717) is 5.92 Å². The predicted molar refractivity (Wildman–Crippen MR) is 45.9 cm³/mol. The summed E-state index contributed by atoms with van der Waals surface area (Å²) >= 11 is 0. The monoisotopic (exact) mass is 158 g/mol. The Labute approximate surface area is 68.1 Å². The molecule has 1 atom stereocenters. The molecule has 0 aliphatic carbocycles. The molecular weight excluding hydrogens is 140 g/mol. The molecule has 0 radical (unpaired) electrons. The van der Waals surface area contributed by atoms with Crippen LogP contribution in [0.15, 0.2) is 0 Å². The maximum absolute atomic E-state index is 10.6. The third kappa shape index (κ3) is 2.89. The molecule has 0 heterocycles. The van der Waals surface area contributed by atoms with Crippen LogP contribution in [0.3, 0.4) is 0 Å². The van der Waals surface area contributed by atoms with Gasteiger partial charge in [-0.15, -0.1) is 0 Å². The van der Waals surface area contributed by atoms with E-state index in [9.17, 15) is 4.79 Å². The van der Waals surface area contributed by atoms with Gasteiger partial charge in [-0.3, -0.25) is 4.79 Å². The van der Waals surface area contributed by atoms with Crippen LogP contribution in [0, 0.1) is 5.92 Å². The molecule has 66 valence electrons. The number of primary amides is 1. The zero-order chi connectivity index (χ0) is 9.07. The highest BCUT2D eigenvalue weighted by atomic mass is 16.1. The van der Waals surface area contributed by atoms with Gasteiger partial charge in [0.2, 0.25) is 5.91 Å². The molecule has 11 heavy (non-hydrogen) atoms. The summed E-state index contributed by atoms with van der Waals surface area (Å²) in [6.07, 6.45) is 1.06. The summed E-state index contributed by atoms with van der Waals surface area (Å²) in [5, 5.41) is 0. The SMILES string of the molecule is CCC(N)(CC(N)=O)C(C)C. The van der Waals surface area contributed by atoms with Crippen LogP contribution < -0.4 is 11.5 Å². The Balaban J connectivity index is 4.22. The smallest absolute Gasteiger partial charge is 0.219 e. The Morgan fingerprint density at radius 2 is 2.00 bits per heavy atom. The molecule has 0 saturated carbocycles. The van der Waals surface area contributed by atoms with Gasteiger partial charge in [0.1, 0.15) is 0 Å². The standard InChI is InChI=1S/C8H18N2O/c1-4-8(10,6(2)3)5-7(9)11/h6H,4-5,10H2,1-3H3,(H2,9,11). The quantitative estimate of drug-likeness (QED) is 0.630. The summed E-state index contributed by atoms with van der Waals surface area (Å²) in [4.78, 5) is 10.6. The Morgan fingerprint density at radius 3 is 2.09 bits per heavy atom. The van der Waals surface area contributed by atoms with Gasteiger partial charge in [-0.1, -0.05) is 20.8 Å². The first kappa shape index (κ1) is 10.4. The summed E-state index contributed by atoms with van der Waals surface area (Å²) in [5.41, 5.74) is 10.6. The highest BCUT2D eigenvalue weighted by Gasteiger charge is 2.28. The molecule has 4 N–H and O–H groups in total. The van der Waals surface area contributed by atoms with E-state index < -0.39 is 5.54 Å². The topological polar surface area (TPSA) is 69.1 Å². The van der Waals surface area contributed by atoms with E-state index in [4.69, 9.17) is 11.5 Å². The van der Waals surface area contributed by atoms with E-state index in [0.717, 1.165) is 6.42 Å². The van der Waals surface area contributed by atoms with Crippen molar-refractivity contribution in [3.05, 3.63) is 0 Å². The van der Waals surface area contributed by atoms with Crippen LogP contribution in [0.4, 0.5) is 0 Å². The minimum atomic E-state index is -0.411. The zero-order valence-corrected chi connectivity index (χ0v) is 7.55. The molecule has 0 aliphatic rings. The predicted octanol–water partition coefficient (Wildman–Crippen LogP) is 0.625. The minimum Gasteiger partial charge on any atom is -0.370 e. The lowest BCUT2D eigenvalue weighted by molar-refractivity contribution is -0.119. The van der Waals surface area contributed by atoms with Crippen LogP contribution in [0.5, 0.6) is 0 Å². The number of hydrogen-bond acceptors (Lipinski definition) is 2. The number of carbonyl (C=O) groups is 1. The number of nitrogens with two attached hydrogens (primary N) is 2. The average molecular weight is 158 g/mol. The van der Waals surface area contributed by atoms with Crippen molar-refractivity contribution < 1.29 is 4.79 Å². The Kier molecular flexibility index (Phi) is 3.52. The van der Waals surface area contributed by atoms with E-state index in [1.54, 1.807) is 0 Å². The average Bonchev–Trinajstić information content (AvgIpc) is 1.86. The van der Waals surface area contributed by atoms with Crippen LogP contribution in [0.25, 0.3) is 0 Å². The van der Waals surface area contributed by atoms with Gasteiger partial charge in [0.15, 0.2) is 0 Å². The fourth-order valence-corrected chi connectivity index (χ4v) is 1.06. The molecule has 3 heteroatoms. The van der Waals surface area contributed by atoms with Gasteiger partial charge in [-0.2, -0.15) is 0 Å². The maximum Gasteiger partial charge on any atom is 0.219 e. The van der Waals surface area contributed by atoms with Crippen LogP contribution in [0.1, 0.15) is 33.6 Å². The van der Waals surface area contributed by atoms with Gasteiger partial charge >= 0.3 is 0 Å². The molecule has 1 amide bonds. The summed E-state index contributed by atoms with van der Waals surface area (Å²) in [7, 11) is 0. The van der Waals surface area contributed by atoms with Gasteiger partial charge in [0.25, 0.3) is 0 Å². The van der Waals surface area contributed by atoms with E-state index in [1.165, 1.54) is 0 Å². The van der Waals surface area contributed by atoms with Gasteiger partial charge in [-0.25, -0.2) is 0 Å².